The molecule has 0 radical (unpaired) electrons. The molecule has 9 heteroatoms. The van der Waals surface area contributed by atoms with Crippen molar-refractivity contribution in [1.82, 2.24) is 14.5 Å². The van der Waals surface area contributed by atoms with E-state index in [0.29, 0.717) is 15.7 Å². The molecule has 0 aliphatic rings. The highest BCUT2D eigenvalue weighted by Gasteiger charge is 2.24. The van der Waals surface area contributed by atoms with E-state index in [1.807, 2.05) is 0 Å². The fourth-order valence-electron chi connectivity index (χ4n) is 1.51. The first-order valence-electron chi connectivity index (χ1n) is 5.45. The van der Waals surface area contributed by atoms with Crippen LogP contribution in [-0.4, -0.2) is 30.5 Å². The molecule has 0 atom stereocenters. The topological polar surface area (TPSA) is 111 Å². The second-order valence-electron chi connectivity index (χ2n) is 3.89. The zero-order chi connectivity index (χ0) is 14.9. The summed E-state index contributed by atoms with van der Waals surface area (Å²) in [6, 6.07) is 2.95. The number of nitrogens with zero attached hydrogens (tertiary/aromatic N) is 4. The lowest BCUT2D eigenvalue weighted by atomic mass is 10.3. The molecular weight excluding hydrogens is 284 g/mol. The molecule has 2 rings (SSSR count). The summed E-state index contributed by atoms with van der Waals surface area (Å²) in [7, 11) is 1.66. The molecule has 8 nitrogen and oxygen atoms in total. The van der Waals surface area contributed by atoms with Gasteiger partial charge >= 0.3 is 11.8 Å². The van der Waals surface area contributed by atoms with Crippen molar-refractivity contribution in [2.24, 2.45) is 7.05 Å². The van der Waals surface area contributed by atoms with E-state index in [9.17, 15) is 14.9 Å². The SMILES string of the molecule is Cc1nc([N+](=O)[O-])c(Sc2ccnc(C(=O)O)c2)n1C. The molecule has 0 unspecified atom stereocenters. The quantitative estimate of drug-likeness (QED) is 0.676. The van der Waals surface area contributed by atoms with Gasteiger partial charge in [-0.1, -0.05) is 11.8 Å². The van der Waals surface area contributed by atoms with Crippen LogP contribution in [-0.2, 0) is 7.05 Å². The first-order valence-corrected chi connectivity index (χ1v) is 6.26. The van der Waals surface area contributed by atoms with Crippen LogP contribution in [0.25, 0.3) is 0 Å². The lowest BCUT2D eigenvalue weighted by molar-refractivity contribution is -0.392. The first-order chi connectivity index (χ1) is 9.40. The van der Waals surface area contributed by atoms with Gasteiger partial charge in [0.1, 0.15) is 5.69 Å². The van der Waals surface area contributed by atoms with Crippen molar-refractivity contribution in [1.29, 1.82) is 0 Å². The normalized spacial score (nSPS) is 10.5. The molecule has 0 amide bonds. The van der Waals surface area contributed by atoms with Crippen LogP contribution in [0.1, 0.15) is 16.3 Å². The molecule has 2 heterocycles. The third-order valence-electron chi connectivity index (χ3n) is 2.59. The molecule has 20 heavy (non-hydrogen) atoms. The summed E-state index contributed by atoms with van der Waals surface area (Å²) in [5.41, 5.74) is -0.114. The van der Waals surface area contributed by atoms with Crippen molar-refractivity contribution >= 4 is 23.5 Å². The number of carbonyl (C=O) groups is 1. The van der Waals surface area contributed by atoms with E-state index in [0.717, 1.165) is 11.8 Å². The van der Waals surface area contributed by atoms with Gasteiger partial charge in [0.2, 0.25) is 5.82 Å². The third kappa shape index (κ3) is 2.62. The number of aromatic nitrogens is 3. The van der Waals surface area contributed by atoms with Crippen LogP contribution in [0.3, 0.4) is 0 Å². The van der Waals surface area contributed by atoms with E-state index in [1.165, 1.54) is 12.3 Å². The number of aromatic carboxylic acids is 1. The third-order valence-corrected chi connectivity index (χ3v) is 3.73. The van der Waals surface area contributed by atoms with E-state index < -0.39 is 10.9 Å². The molecule has 0 saturated carbocycles. The number of carboxylic acid groups (broad SMARTS) is 1. The van der Waals surface area contributed by atoms with Crippen molar-refractivity contribution in [3.8, 4) is 0 Å². The minimum atomic E-state index is -1.15. The molecule has 0 spiro atoms. The van der Waals surface area contributed by atoms with Gasteiger partial charge < -0.3 is 15.2 Å². The van der Waals surface area contributed by atoms with E-state index >= 15 is 0 Å². The number of hydrogen-bond donors (Lipinski definition) is 1. The summed E-state index contributed by atoms with van der Waals surface area (Å²) in [5, 5.41) is 20.2. The Kier molecular flexibility index (Phi) is 3.70. The summed E-state index contributed by atoms with van der Waals surface area (Å²) < 4.78 is 1.59. The molecular formula is C11H10N4O4S. The average Bonchev–Trinajstić information content (AvgIpc) is 2.67. The summed E-state index contributed by atoms with van der Waals surface area (Å²) in [6.07, 6.45) is 1.35. The van der Waals surface area contributed by atoms with Crippen molar-refractivity contribution in [2.75, 3.05) is 0 Å². The zero-order valence-electron chi connectivity index (χ0n) is 10.6. The molecule has 0 aromatic carbocycles. The average molecular weight is 294 g/mol. The van der Waals surface area contributed by atoms with Crippen molar-refractivity contribution in [2.45, 2.75) is 16.8 Å². The van der Waals surface area contributed by atoms with Crippen LogP contribution in [0.2, 0.25) is 0 Å². The Bertz CT molecular complexity index is 698. The van der Waals surface area contributed by atoms with Gasteiger partial charge in [0, 0.05) is 25.1 Å². The minimum absolute atomic E-state index is 0.114. The van der Waals surface area contributed by atoms with E-state index in [-0.39, 0.29) is 11.5 Å². The Hall–Kier alpha value is -2.42. The predicted octanol–water partition coefficient (Wildman–Crippen LogP) is 1.88. The van der Waals surface area contributed by atoms with Crippen LogP contribution in [0, 0.1) is 17.0 Å². The first kappa shape index (κ1) is 14.0. The van der Waals surface area contributed by atoms with Crippen LogP contribution < -0.4 is 0 Å². The highest BCUT2D eigenvalue weighted by molar-refractivity contribution is 7.99. The number of carboxylic acids is 1. The Morgan fingerprint density at radius 2 is 2.25 bits per heavy atom. The van der Waals surface area contributed by atoms with Crippen molar-refractivity contribution < 1.29 is 14.8 Å². The maximum absolute atomic E-state index is 11.0. The Balaban J connectivity index is 2.42. The molecule has 2 aromatic rings. The molecule has 0 bridgehead atoms. The fraction of sp³-hybridized carbons (Fsp3) is 0.182. The number of aryl methyl sites for hydroxylation is 1. The lowest BCUT2D eigenvalue weighted by Gasteiger charge is -2.03. The summed E-state index contributed by atoms with van der Waals surface area (Å²) in [4.78, 5) is 29.4. The largest absolute Gasteiger partial charge is 0.477 e. The summed E-state index contributed by atoms with van der Waals surface area (Å²) in [6.45, 7) is 1.66. The number of nitro groups is 1. The maximum atomic E-state index is 11.0. The fourth-order valence-corrected chi connectivity index (χ4v) is 2.51. The molecule has 0 saturated heterocycles. The van der Waals surface area contributed by atoms with Gasteiger partial charge in [0.05, 0.1) is 0 Å². The van der Waals surface area contributed by atoms with Crippen LogP contribution in [0.5, 0.6) is 0 Å². The number of imidazole rings is 1. The zero-order valence-corrected chi connectivity index (χ0v) is 11.4. The molecule has 2 aromatic heterocycles. The van der Waals surface area contributed by atoms with Gasteiger partial charge in [-0.25, -0.2) is 9.78 Å². The second kappa shape index (κ2) is 5.29. The smallest absolute Gasteiger partial charge is 0.396 e. The Labute approximate surface area is 117 Å². The highest BCUT2D eigenvalue weighted by Crippen LogP contribution is 2.34. The summed E-state index contributed by atoms with van der Waals surface area (Å²) >= 11 is 1.08. The van der Waals surface area contributed by atoms with Gasteiger partial charge in [-0.05, 0) is 22.0 Å². The standard InChI is InChI=1S/C11H10N4O4S/c1-6-13-9(15(18)19)10(14(6)2)20-7-3-4-12-8(5-7)11(16)17/h3-5H,1-2H3,(H,16,17). The molecule has 1 N–H and O–H groups in total. The van der Waals surface area contributed by atoms with E-state index in [4.69, 9.17) is 5.11 Å². The summed E-state index contributed by atoms with van der Waals surface area (Å²) in [5.74, 6) is -0.890. The number of rotatable bonds is 4. The molecule has 104 valence electrons. The predicted molar refractivity (Wildman–Crippen MR) is 69.9 cm³/mol. The van der Waals surface area contributed by atoms with Crippen molar-refractivity contribution in [3.05, 3.63) is 40.0 Å². The van der Waals surface area contributed by atoms with Gasteiger partial charge in [-0.15, -0.1) is 0 Å². The number of pyridine rings is 1. The van der Waals surface area contributed by atoms with Crippen LogP contribution in [0.15, 0.2) is 28.3 Å². The van der Waals surface area contributed by atoms with E-state index in [1.54, 1.807) is 24.6 Å². The van der Waals surface area contributed by atoms with Crippen molar-refractivity contribution in [3.63, 3.8) is 0 Å². The Morgan fingerprint density at radius 3 is 2.85 bits per heavy atom. The van der Waals surface area contributed by atoms with Crippen LogP contribution in [0.4, 0.5) is 5.82 Å². The monoisotopic (exact) mass is 294 g/mol. The molecule has 0 fully saturated rings. The highest BCUT2D eigenvalue weighted by atomic mass is 32.2. The number of hydrogen-bond acceptors (Lipinski definition) is 6. The van der Waals surface area contributed by atoms with Gasteiger partial charge in [-0.2, -0.15) is 0 Å². The second-order valence-corrected chi connectivity index (χ2v) is 4.95. The molecule has 0 aliphatic heterocycles. The Morgan fingerprint density at radius 1 is 1.55 bits per heavy atom. The minimum Gasteiger partial charge on any atom is -0.477 e. The van der Waals surface area contributed by atoms with Gasteiger partial charge in [0.25, 0.3) is 0 Å². The van der Waals surface area contributed by atoms with E-state index in [2.05, 4.69) is 9.97 Å². The molecule has 0 aliphatic carbocycles. The van der Waals surface area contributed by atoms with Gasteiger partial charge in [-0.3, -0.25) is 4.57 Å². The maximum Gasteiger partial charge on any atom is 0.396 e. The van der Waals surface area contributed by atoms with Crippen LogP contribution >= 0.6 is 11.8 Å². The van der Waals surface area contributed by atoms with Gasteiger partial charge in [0.15, 0.2) is 5.03 Å². The lowest BCUT2D eigenvalue weighted by Crippen LogP contribution is -2.00.